The maximum Gasteiger partial charge on any atom is 0.275 e. The van der Waals surface area contributed by atoms with Crippen LogP contribution in [0.2, 0.25) is 6.32 Å². The van der Waals surface area contributed by atoms with Crippen LogP contribution >= 0.6 is 0 Å². The van der Waals surface area contributed by atoms with Gasteiger partial charge in [-0.3, -0.25) is 4.84 Å². The number of aryl methyl sites for hydroxylation is 1. The molecule has 1 aliphatic rings. The minimum Gasteiger partial charge on any atom is -0.304 e. The van der Waals surface area contributed by atoms with Gasteiger partial charge in [0.2, 0.25) is 0 Å². The minimum atomic E-state index is -0.571. The van der Waals surface area contributed by atoms with Crippen LogP contribution in [-0.2, 0) is 4.84 Å². The lowest BCUT2D eigenvalue weighted by Gasteiger charge is -2.21. The number of halogens is 2. The maximum absolute atomic E-state index is 14.0. The largest absolute Gasteiger partial charge is 0.304 e. The predicted octanol–water partition coefficient (Wildman–Crippen LogP) is 3.46. The Balaban J connectivity index is 2.13. The molecule has 1 fully saturated rings. The summed E-state index contributed by atoms with van der Waals surface area (Å²) in [5.74, 6) is -1.13. The molecule has 0 aromatic heterocycles. The highest BCUT2D eigenvalue weighted by Crippen LogP contribution is 2.34. The number of nitrogens with zero attached hydrogens (tertiary/aromatic N) is 1. The zero-order chi connectivity index (χ0) is 14.1. The number of hydrogen-bond donors (Lipinski definition) is 0. The Hall–Kier alpha value is -1.88. The topological polar surface area (TPSA) is 12.5 Å². The number of benzene rings is 2. The van der Waals surface area contributed by atoms with E-state index in [1.807, 2.05) is 25.1 Å². The van der Waals surface area contributed by atoms with Crippen LogP contribution in [0.5, 0.6) is 0 Å². The van der Waals surface area contributed by atoms with Gasteiger partial charge >= 0.3 is 0 Å². The highest BCUT2D eigenvalue weighted by molar-refractivity contribution is 6.41. The van der Waals surface area contributed by atoms with E-state index in [0.29, 0.717) is 12.2 Å². The standard InChI is InChI=1S/C15H14BF2NO/c1-10-2-5-15(19-16-6-7-20-19)13(8-10)12-4-3-11(17)9-14(12)18/h2-5,8-9,16H,6-7H2,1H3. The number of rotatable bonds is 2. The highest BCUT2D eigenvalue weighted by atomic mass is 19.1. The first-order valence-electron chi connectivity index (χ1n) is 6.62. The number of hydrogen-bond acceptors (Lipinski definition) is 2. The zero-order valence-electron chi connectivity index (χ0n) is 11.2. The molecule has 0 spiro atoms. The molecular weight excluding hydrogens is 259 g/mol. The molecule has 0 aliphatic carbocycles. The number of anilines is 1. The monoisotopic (exact) mass is 273 g/mol. The quantitative estimate of drug-likeness (QED) is 0.777. The van der Waals surface area contributed by atoms with E-state index >= 15 is 0 Å². The highest BCUT2D eigenvalue weighted by Gasteiger charge is 2.20. The van der Waals surface area contributed by atoms with Gasteiger partial charge in [-0.2, -0.15) is 0 Å². The first kappa shape index (κ1) is 13.1. The van der Waals surface area contributed by atoms with Crippen LogP contribution in [0.1, 0.15) is 5.56 Å². The molecule has 2 aromatic carbocycles. The summed E-state index contributed by atoms with van der Waals surface area (Å²) in [6.07, 6.45) is 0.944. The van der Waals surface area contributed by atoms with E-state index in [1.54, 1.807) is 4.97 Å². The lowest BCUT2D eigenvalue weighted by molar-refractivity contribution is 0.185. The van der Waals surface area contributed by atoms with Gasteiger partial charge in [-0.15, -0.1) is 0 Å². The van der Waals surface area contributed by atoms with E-state index in [9.17, 15) is 8.78 Å². The maximum atomic E-state index is 14.0. The van der Waals surface area contributed by atoms with Crippen molar-refractivity contribution in [2.45, 2.75) is 13.2 Å². The van der Waals surface area contributed by atoms with E-state index < -0.39 is 11.6 Å². The zero-order valence-corrected chi connectivity index (χ0v) is 11.2. The third kappa shape index (κ3) is 2.41. The lowest BCUT2D eigenvalue weighted by Crippen LogP contribution is -2.20. The molecule has 2 nitrogen and oxygen atoms in total. The van der Waals surface area contributed by atoms with Crippen molar-refractivity contribution in [2.75, 3.05) is 11.6 Å². The van der Waals surface area contributed by atoms with Crippen LogP contribution in [-0.4, -0.2) is 14.0 Å². The minimum absolute atomic E-state index is 0.389. The molecule has 5 heteroatoms. The Bertz CT molecular complexity index is 642. The van der Waals surface area contributed by atoms with Crippen molar-refractivity contribution >= 4 is 13.1 Å². The van der Waals surface area contributed by atoms with Crippen LogP contribution in [0.15, 0.2) is 36.4 Å². The van der Waals surface area contributed by atoms with Crippen molar-refractivity contribution in [3.8, 4) is 11.1 Å². The van der Waals surface area contributed by atoms with Crippen LogP contribution < -0.4 is 4.97 Å². The molecule has 1 heterocycles. The molecule has 102 valence electrons. The van der Waals surface area contributed by atoms with Gasteiger partial charge in [-0.1, -0.05) is 11.6 Å². The lowest BCUT2D eigenvalue weighted by atomic mass is 9.88. The van der Waals surface area contributed by atoms with Gasteiger partial charge < -0.3 is 4.97 Å². The van der Waals surface area contributed by atoms with Crippen molar-refractivity contribution in [1.82, 2.24) is 0 Å². The fourth-order valence-corrected chi connectivity index (χ4v) is 2.43. The third-order valence-electron chi connectivity index (χ3n) is 3.39. The van der Waals surface area contributed by atoms with Crippen LogP contribution in [0.3, 0.4) is 0 Å². The molecule has 0 atom stereocenters. The van der Waals surface area contributed by atoms with Crippen LogP contribution in [0.25, 0.3) is 11.1 Å². The molecular formula is C15H14BF2NO. The van der Waals surface area contributed by atoms with Gasteiger partial charge in [0.15, 0.2) is 0 Å². The summed E-state index contributed by atoms with van der Waals surface area (Å²) in [7, 11) is 0.777. The average molecular weight is 273 g/mol. The summed E-state index contributed by atoms with van der Waals surface area (Å²) < 4.78 is 27.1. The molecule has 0 N–H and O–H groups in total. The van der Waals surface area contributed by atoms with E-state index in [0.717, 1.165) is 36.6 Å². The fraction of sp³-hybridized carbons (Fsp3) is 0.200. The molecule has 0 amide bonds. The van der Waals surface area contributed by atoms with Gasteiger partial charge in [-0.05, 0) is 37.5 Å². The Kier molecular flexibility index (Phi) is 3.44. The summed E-state index contributed by atoms with van der Waals surface area (Å²) in [5.41, 5.74) is 2.95. The Morgan fingerprint density at radius 1 is 1.10 bits per heavy atom. The first-order chi connectivity index (χ1) is 9.65. The Labute approximate surface area is 117 Å². The van der Waals surface area contributed by atoms with Crippen molar-refractivity contribution in [3.05, 3.63) is 53.6 Å². The fourth-order valence-electron chi connectivity index (χ4n) is 2.43. The molecule has 3 rings (SSSR count). The summed E-state index contributed by atoms with van der Waals surface area (Å²) in [5, 5.41) is 0. The summed E-state index contributed by atoms with van der Waals surface area (Å²) in [4.78, 5) is 7.32. The van der Waals surface area contributed by atoms with Gasteiger partial charge in [0.1, 0.15) is 11.6 Å². The Morgan fingerprint density at radius 2 is 1.95 bits per heavy atom. The normalized spacial score (nSPS) is 14.4. The second kappa shape index (κ2) is 5.25. The van der Waals surface area contributed by atoms with E-state index in [2.05, 4.69) is 0 Å². The Morgan fingerprint density at radius 3 is 2.65 bits per heavy atom. The van der Waals surface area contributed by atoms with E-state index in [4.69, 9.17) is 4.84 Å². The molecule has 0 saturated carbocycles. The van der Waals surface area contributed by atoms with E-state index in [1.165, 1.54) is 12.1 Å². The van der Waals surface area contributed by atoms with Crippen molar-refractivity contribution in [2.24, 2.45) is 0 Å². The first-order valence-corrected chi connectivity index (χ1v) is 6.62. The smallest absolute Gasteiger partial charge is 0.275 e. The molecule has 20 heavy (non-hydrogen) atoms. The van der Waals surface area contributed by atoms with Crippen LogP contribution in [0, 0.1) is 18.6 Å². The van der Waals surface area contributed by atoms with E-state index in [-0.39, 0.29) is 0 Å². The predicted molar refractivity (Wildman–Crippen MR) is 76.9 cm³/mol. The second-order valence-corrected chi connectivity index (χ2v) is 4.93. The SMILES string of the molecule is Cc1ccc(N2BCCO2)c(-c2ccc(F)cc2F)c1. The molecule has 2 aromatic rings. The van der Waals surface area contributed by atoms with Gasteiger partial charge in [0, 0.05) is 17.2 Å². The molecule has 0 bridgehead atoms. The second-order valence-electron chi connectivity index (χ2n) is 4.93. The molecule has 1 saturated heterocycles. The van der Waals surface area contributed by atoms with Gasteiger partial charge in [0.05, 0.1) is 12.3 Å². The van der Waals surface area contributed by atoms with Crippen LogP contribution in [0.4, 0.5) is 14.5 Å². The average Bonchev–Trinajstić information content (AvgIpc) is 2.92. The summed E-state index contributed by atoms with van der Waals surface area (Å²) >= 11 is 0. The molecule has 0 unspecified atom stereocenters. The van der Waals surface area contributed by atoms with Gasteiger partial charge in [-0.25, -0.2) is 8.78 Å². The molecule has 1 aliphatic heterocycles. The van der Waals surface area contributed by atoms with Crippen molar-refractivity contribution < 1.29 is 13.6 Å². The van der Waals surface area contributed by atoms with Crippen molar-refractivity contribution in [1.29, 1.82) is 0 Å². The van der Waals surface area contributed by atoms with Crippen molar-refractivity contribution in [3.63, 3.8) is 0 Å². The summed E-state index contributed by atoms with van der Waals surface area (Å²) in [6.45, 7) is 2.61. The third-order valence-corrected chi connectivity index (χ3v) is 3.39. The summed E-state index contributed by atoms with van der Waals surface area (Å²) in [6, 6.07) is 9.43. The van der Waals surface area contributed by atoms with Gasteiger partial charge in [0.25, 0.3) is 7.41 Å². The molecule has 0 radical (unpaired) electrons.